The summed E-state index contributed by atoms with van der Waals surface area (Å²) < 4.78 is 0. The van der Waals surface area contributed by atoms with E-state index >= 15 is 0 Å². The number of carbonyl (C=O) groups is 1. The molecular formula is C22H23N5O. The topological polar surface area (TPSA) is 73.9 Å². The molecule has 0 unspecified atom stereocenters. The van der Waals surface area contributed by atoms with Crippen LogP contribution in [0, 0.1) is 0 Å². The fraction of sp³-hybridized carbons (Fsp3) is 0.318. The standard InChI is InChI=1S/C22H23N5O/c28-22(25-16-6-2-1-3-7-16)27-12-10-15(11-13-27)20-19-17-8-4-5-9-18(17)26-21(19)24-14-23-20/h1-3,6-7,10,14H,4-5,8-9,11-13H2,(H,25,28)(H,23,24,26). The lowest BCUT2D eigenvalue weighted by atomic mass is 9.93. The quantitative estimate of drug-likeness (QED) is 0.708. The van der Waals surface area contributed by atoms with Crippen molar-refractivity contribution in [1.29, 1.82) is 0 Å². The number of nitrogens with one attached hydrogen (secondary N) is 2. The van der Waals surface area contributed by atoms with Crippen LogP contribution in [0.1, 0.15) is 36.2 Å². The number of benzene rings is 1. The van der Waals surface area contributed by atoms with Gasteiger partial charge in [0.1, 0.15) is 12.0 Å². The molecular weight excluding hydrogens is 350 g/mol. The second-order valence-corrected chi connectivity index (χ2v) is 7.46. The summed E-state index contributed by atoms with van der Waals surface area (Å²) in [5.74, 6) is 0. The number of H-pyrrole nitrogens is 1. The Morgan fingerprint density at radius 2 is 1.93 bits per heavy atom. The van der Waals surface area contributed by atoms with Crippen molar-refractivity contribution in [2.75, 3.05) is 18.4 Å². The van der Waals surface area contributed by atoms with E-state index < -0.39 is 0 Å². The van der Waals surface area contributed by atoms with Crippen molar-refractivity contribution < 1.29 is 4.79 Å². The van der Waals surface area contributed by atoms with Gasteiger partial charge in [-0.1, -0.05) is 24.3 Å². The van der Waals surface area contributed by atoms with Gasteiger partial charge in [-0.15, -0.1) is 0 Å². The van der Waals surface area contributed by atoms with E-state index in [0.717, 1.165) is 36.3 Å². The predicted octanol–water partition coefficient (Wildman–Crippen LogP) is 4.16. The zero-order valence-corrected chi connectivity index (χ0v) is 15.7. The van der Waals surface area contributed by atoms with Crippen molar-refractivity contribution in [3.63, 3.8) is 0 Å². The molecule has 0 spiro atoms. The number of hydrogen-bond acceptors (Lipinski definition) is 3. The minimum absolute atomic E-state index is 0.0617. The molecule has 3 aromatic rings. The van der Waals surface area contributed by atoms with Gasteiger partial charge in [-0.2, -0.15) is 0 Å². The first-order valence-corrected chi connectivity index (χ1v) is 9.94. The summed E-state index contributed by atoms with van der Waals surface area (Å²) in [5, 5.41) is 4.15. The Bertz CT molecular complexity index is 1050. The number of hydrogen-bond donors (Lipinski definition) is 2. The molecule has 6 heteroatoms. The highest BCUT2D eigenvalue weighted by molar-refractivity contribution is 5.93. The van der Waals surface area contributed by atoms with Crippen LogP contribution in [0.15, 0.2) is 42.7 Å². The summed E-state index contributed by atoms with van der Waals surface area (Å²) >= 11 is 0. The number of rotatable bonds is 2. The molecule has 2 aromatic heterocycles. The normalized spacial score (nSPS) is 16.6. The van der Waals surface area contributed by atoms with Crippen molar-refractivity contribution in [2.24, 2.45) is 0 Å². The van der Waals surface area contributed by atoms with Crippen molar-refractivity contribution in [2.45, 2.75) is 32.1 Å². The number of aryl methyl sites for hydroxylation is 2. The first-order chi connectivity index (χ1) is 13.8. The SMILES string of the molecule is O=C(Nc1ccccc1)N1CC=C(c2ncnc3[nH]c4c(c23)CCCC4)CC1. The van der Waals surface area contributed by atoms with E-state index in [1.54, 1.807) is 6.33 Å². The molecule has 142 valence electrons. The maximum absolute atomic E-state index is 12.5. The number of amides is 2. The van der Waals surface area contributed by atoms with E-state index in [-0.39, 0.29) is 6.03 Å². The van der Waals surface area contributed by atoms with E-state index in [0.29, 0.717) is 13.1 Å². The highest BCUT2D eigenvalue weighted by Crippen LogP contribution is 2.34. The number of nitrogens with zero attached hydrogens (tertiary/aromatic N) is 3. The van der Waals surface area contributed by atoms with Crippen molar-refractivity contribution in [3.8, 4) is 0 Å². The molecule has 0 saturated heterocycles. The third kappa shape index (κ3) is 3.05. The Kier molecular flexibility index (Phi) is 4.31. The van der Waals surface area contributed by atoms with Gasteiger partial charge in [-0.25, -0.2) is 14.8 Å². The molecule has 0 fully saturated rings. The number of fused-ring (bicyclic) bond motifs is 3. The largest absolute Gasteiger partial charge is 0.343 e. The average molecular weight is 373 g/mol. The molecule has 3 heterocycles. The van der Waals surface area contributed by atoms with Crippen LogP contribution < -0.4 is 5.32 Å². The number of urea groups is 1. The average Bonchev–Trinajstić information content (AvgIpc) is 3.13. The molecule has 2 N–H and O–H groups in total. The highest BCUT2D eigenvalue weighted by atomic mass is 16.2. The summed E-state index contributed by atoms with van der Waals surface area (Å²) in [4.78, 5) is 27.0. The first-order valence-electron chi connectivity index (χ1n) is 9.94. The summed E-state index contributed by atoms with van der Waals surface area (Å²) in [5.41, 5.74) is 6.72. The summed E-state index contributed by atoms with van der Waals surface area (Å²) in [6.07, 6.45) is 9.23. The molecule has 2 aliphatic rings. The second-order valence-electron chi connectivity index (χ2n) is 7.46. The smallest absolute Gasteiger partial charge is 0.322 e. The zero-order chi connectivity index (χ0) is 18.9. The van der Waals surface area contributed by atoms with Crippen LogP contribution in [0.25, 0.3) is 16.6 Å². The van der Waals surface area contributed by atoms with Gasteiger partial charge < -0.3 is 15.2 Å². The number of para-hydroxylation sites is 1. The van der Waals surface area contributed by atoms with Crippen LogP contribution in [-0.2, 0) is 12.8 Å². The molecule has 6 nitrogen and oxygen atoms in total. The van der Waals surface area contributed by atoms with Crippen LogP contribution >= 0.6 is 0 Å². The van der Waals surface area contributed by atoms with Gasteiger partial charge in [0.2, 0.25) is 0 Å². The van der Waals surface area contributed by atoms with Gasteiger partial charge >= 0.3 is 6.03 Å². The van der Waals surface area contributed by atoms with Crippen LogP contribution in [0.4, 0.5) is 10.5 Å². The highest BCUT2D eigenvalue weighted by Gasteiger charge is 2.23. The van der Waals surface area contributed by atoms with E-state index in [2.05, 4.69) is 26.3 Å². The molecule has 1 aliphatic heterocycles. The molecule has 1 aliphatic carbocycles. The van der Waals surface area contributed by atoms with Gasteiger partial charge in [0, 0.05) is 29.9 Å². The van der Waals surface area contributed by atoms with Crippen LogP contribution in [0.3, 0.4) is 0 Å². The molecule has 0 radical (unpaired) electrons. The molecule has 0 saturated carbocycles. The third-order valence-corrected chi connectivity index (χ3v) is 5.71. The van der Waals surface area contributed by atoms with E-state index in [1.807, 2.05) is 35.2 Å². The van der Waals surface area contributed by atoms with E-state index in [1.165, 1.54) is 35.1 Å². The molecule has 0 atom stereocenters. The number of carbonyl (C=O) groups excluding carboxylic acids is 1. The molecule has 28 heavy (non-hydrogen) atoms. The molecule has 0 bridgehead atoms. The minimum atomic E-state index is -0.0617. The first kappa shape index (κ1) is 17.0. The van der Waals surface area contributed by atoms with Crippen LogP contribution in [0.2, 0.25) is 0 Å². The number of aromatic nitrogens is 3. The monoisotopic (exact) mass is 373 g/mol. The Labute approximate surface area is 163 Å². The maximum atomic E-state index is 12.5. The summed E-state index contributed by atoms with van der Waals surface area (Å²) in [7, 11) is 0. The zero-order valence-electron chi connectivity index (χ0n) is 15.7. The summed E-state index contributed by atoms with van der Waals surface area (Å²) in [6, 6.07) is 9.51. The maximum Gasteiger partial charge on any atom is 0.322 e. The lowest BCUT2D eigenvalue weighted by molar-refractivity contribution is 0.217. The third-order valence-electron chi connectivity index (χ3n) is 5.71. The fourth-order valence-corrected chi connectivity index (χ4v) is 4.26. The van der Waals surface area contributed by atoms with Gasteiger partial charge in [0.05, 0.1) is 5.69 Å². The lowest BCUT2D eigenvalue weighted by Gasteiger charge is -2.27. The van der Waals surface area contributed by atoms with Crippen LogP contribution in [-0.4, -0.2) is 39.0 Å². The van der Waals surface area contributed by atoms with Gasteiger partial charge in [-0.05, 0) is 55.4 Å². The van der Waals surface area contributed by atoms with E-state index in [4.69, 9.17) is 0 Å². The Morgan fingerprint density at radius 1 is 1.07 bits per heavy atom. The van der Waals surface area contributed by atoms with Gasteiger partial charge in [-0.3, -0.25) is 0 Å². The Balaban J connectivity index is 1.39. The second kappa shape index (κ2) is 7.11. The lowest BCUT2D eigenvalue weighted by Crippen LogP contribution is -2.37. The number of aromatic amines is 1. The van der Waals surface area contributed by atoms with Gasteiger partial charge in [0.15, 0.2) is 0 Å². The molecule has 5 rings (SSSR count). The predicted molar refractivity (Wildman–Crippen MR) is 110 cm³/mol. The number of anilines is 1. The Morgan fingerprint density at radius 3 is 2.75 bits per heavy atom. The van der Waals surface area contributed by atoms with Crippen molar-refractivity contribution >= 4 is 28.3 Å². The van der Waals surface area contributed by atoms with Crippen molar-refractivity contribution in [3.05, 3.63) is 59.7 Å². The van der Waals surface area contributed by atoms with Crippen LogP contribution in [0.5, 0.6) is 0 Å². The fourth-order valence-electron chi connectivity index (χ4n) is 4.26. The van der Waals surface area contributed by atoms with Gasteiger partial charge in [0.25, 0.3) is 0 Å². The van der Waals surface area contributed by atoms with E-state index in [9.17, 15) is 4.79 Å². The summed E-state index contributed by atoms with van der Waals surface area (Å²) in [6.45, 7) is 1.27. The minimum Gasteiger partial charge on any atom is -0.343 e. The van der Waals surface area contributed by atoms with Crippen molar-refractivity contribution in [1.82, 2.24) is 19.9 Å². The molecule has 1 aromatic carbocycles. The molecule has 2 amide bonds. The Hall–Kier alpha value is -3.15.